The molecule has 21 heavy (non-hydrogen) atoms. The van der Waals surface area contributed by atoms with Crippen molar-refractivity contribution in [1.82, 2.24) is 5.32 Å². The highest BCUT2D eigenvalue weighted by atomic mass is 79.9. The molecule has 0 heterocycles. The van der Waals surface area contributed by atoms with Gasteiger partial charge in [-0.05, 0) is 30.9 Å². The SMILES string of the molecule is CC(C)CCCNC(=O)c1cc(Br)cc(S(N)(=O)=O)c1Cl. The molecule has 0 unspecified atom stereocenters. The minimum absolute atomic E-state index is 0.0830. The van der Waals surface area contributed by atoms with Gasteiger partial charge in [0.2, 0.25) is 10.0 Å². The first-order valence-corrected chi connectivity index (χ1v) is 9.14. The van der Waals surface area contributed by atoms with Crippen LogP contribution in [0.5, 0.6) is 0 Å². The van der Waals surface area contributed by atoms with E-state index in [1.807, 2.05) is 0 Å². The van der Waals surface area contributed by atoms with Crippen molar-refractivity contribution in [3.8, 4) is 0 Å². The molecule has 0 aromatic heterocycles. The van der Waals surface area contributed by atoms with Crippen LogP contribution in [0, 0.1) is 5.92 Å². The van der Waals surface area contributed by atoms with E-state index in [-0.39, 0.29) is 15.5 Å². The summed E-state index contributed by atoms with van der Waals surface area (Å²) in [6.07, 6.45) is 1.84. The second-order valence-electron chi connectivity index (χ2n) is 5.10. The van der Waals surface area contributed by atoms with Crippen molar-refractivity contribution < 1.29 is 13.2 Å². The molecule has 1 amide bonds. The number of nitrogens with one attached hydrogen (secondary N) is 1. The number of nitrogens with two attached hydrogens (primary N) is 1. The lowest BCUT2D eigenvalue weighted by molar-refractivity contribution is 0.0952. The Kier molecular flexibility index (Phi) is 6.65. The molecule has 0 spiro atoms. The third kappa shape index (κ3) is 5.58. The fraction of sp³-hybridized carbons (Fsp3) is 0.462. The van der Waals surface area contributed by atoms with E-state index in [0.29, 0.717) is 16.9 Å². The van der Waals surface area contributed by atoms with Crippen LogP contribution in [-0.2, 0) is 10.0 Å². The summed E-state index contributed by atoms with van der Waals surface area (Å²) in [6, 6.07) is 2.74. The van der Waals surface area contributed by atoms with E-state index in [2.05, 4.69) is 35.1 Å². The Morgan fingerprint density at radius 1 is 1.43 bits per heavy atom. The van der Waals surface area contributed by atoms with Crippen LogP contribution in [-0.4, -0.2) is 20.9 Å². The van der Waals surface area contributed by atoms with Crippen LogP contribution in [0.1, 0.15) is 37.0 Å². The molecule has 0 saturated heterocycles. The molecule has 3 N–H and O–H groups in total. The summed E-state index contributed by atoms with van der Waals surface area (Å²) in [4.78, 5) is 11.8. The number of carbonyl (C=O) groups is 1. The zero-order valence-corrected chi connectivity index (χ0v) is 15.0. The minimum Gasteiger partial charge on any atom is -0.352 e. The molecule has 0 bridgehead atoms. The number of carbonyl (C=O) groups excluding carboxylic acids is 1. The molecule has 0 atom stereocenters. The molecule has 1 aromatic carbocycles. The zero-order chi connectivity index (χ0) is 16.2. The van der Waals surface area contributed by atoms with Crippen LogP contribution in [0.15, 0.2) is 21.5 Å². The van der Waals surface area contributed by atoms with E-state index < -0.39 is 15.9 Å². The smallest absolute Gasteiger partial charge is 0.252 e. The number of rotatable bonds is 6. The van der Waals surface area contributed by atoms with Crippen molar-refractivity contribution in [3.63, 3.8) is 0 Å². The van der Waals surface area contributed by atoms with Gasteiger partial charge < -0.3 is 5.32 Å². The van der Waals surface area contributed by atoms with Gasteiger partial charge in [0.1, 0.15) is 4.90 Å². The monoisotopic (exact) mass is 396 g/mol. The number of sulfonamides is 1. The maximum absolute atomic E-state index is 12.1. The van der Waals surface area contributed by atoms with Gasteiger partial charge in [0.05, 0.1) is 10.6 Å². The number of amides is 1. The Labute approximate surface area is 138 Å². The van der Waals surface area contributed by atoms with Gasteiger partial charge in [-0.2, -0.15) is 0 Å². The Morgan fingerprint density at radius 3 is 2.57 bits per heavy atom. The van der Waals surface area contributed by atoms with Crippen molar-refractivity contribution in [3.05, 3.63) is 27.2 Å². The Morgan fingerprint density at radius 2 is 2.05 bits per heavy atom. The highest BCUT2D eigenvalue weighted by Gasteiger charge is 2.20. The molecule has 0 fully saturated rings. The summed E-state index contributed by atoms with van der Waals surface area (Å²) in [7, 11) is -3.99. The summed E-state index contributed by atoms with van der Waals surface area (Å²) in [5.41, 5.74) is 0.0830. The Balaban J connectivity index is 2.93. The summed E-state index contributed by atoms with van der Waals surface area (Å²) in [5, 5.41) is 7.64. The molecule has 0 radical (unpaired) electrons. The quantitative estimate of drug-likeness (QED) is 0.723. The second-order valence-corrected chi connectivity index (χ2v) is 7.93. The van der Waals surface area contributed by atoms with Crippen LogP contribution in [0.4, 0.5) is 0 Å². The third-order valence-corrected chi connectivity index (χ3v) is 4.71. The topological polar surface area (TPSA) is 89.3 Å². The number of benzene rings is 1. The first-order chi connectivity index (χ1) is 9.62. The van der Waals surface area contributed by atoms with Crippen LogP contribution in [0.2, 0.25) is 5.02 Å². The number of primary sulfonamides is 1. The molecule has 0 saturated carbocycles. The standard InChI is InChI=1S/C13H18BrClN2O3S/c1-8(2)4-3-5-17-13(18)10-6-9(14)7-11(12(10)15)21(16,19)20/h6-8H,3-5H2,1-2H3,(H,17,18)(H2,16,19,20). The molecule has 1 rings (SSSR count). The normalized spacial score (nSPS) is 11.7. The number of halogens is 2. The third-order valence-electron chi connectivity index (χ3n) is 2.80. The lowest BCUT2D eigenvalue weighted by Gasteiger charge is -2.11. The van der Waals surface area contributed by atoms with Gasteiger partial charge in [-0.25, -0.2) is 13.6 Å². The lowest BCUT2D eigenvalue weighted by atomic mass is 10.1. The van der Waals surface area contributed by atoms with Gasteiger partial charge in [-0.15, -0.1) is 0 Å². The van der Waals surface area contributed by atoms with Crippen molar-refractivity contribution in [2.75, 3.05) is 6.54 Å². The minimum atomic E-state index is -3.99. The highest BCUT2D eigenvalue weighted by molar-refractivity contribution is 9.10. The average Bonchev–Trinajstić information content (AvgIpc) is 2.35. The number of hydrogen-bond donors (Lipinski definition) is 2. The van der Waals surface area contributed by atoms with Crippen molar-refractivity contribution in [2.24, 2.45) is 11.1 Å². The van der Waals surface area contributed by atoms with Gasteiger partial charge in [0.25, 0.3) is 5.91 Å². The average molecular weight is 398 g/mol. The van der Waals surface area contributed by atoms with E-state index in [0.717, 1.165) is 12.8 Å². The Hall–Kier alpha value is -0.630. The zero-order valence-electron chi connectivity index (χ0n) is 11.8. The van der Waals surface area contributed by atoms with Crippen LogP contribution >= 0.6 is 27.5 Å². The first-order valence-electron chi connectivity index (χ1n) is 6.43. The number of hydrogen-bond acceptors (Lipinski definition) is 3. The van der Waals surface area contributed by atoms with Crippen molar-refractivity contribution in [1.29, 1.82) is 0 Å². The highest BCUT2D eigenvalue weighted by Crippen LogP contribution is 2.28. The van der Waals surface area contributed by atoms with Gasteiger partial charge in [0.15, 0.2) is 0 Å². The lowest BCUT2D eigenvalue weighted by Crippen LogP contribution is -2.26. The fourth-order valence-corrected chi connectivity index (χ4v) is 3.52. The van der Waals surface area contributed by atoms with Crippen molar-refractivity contribution >= 4 is 43.5 Å². The van der Waals surface area contributed by atoms with Gasteiger partial charge >= 0.3 is 0 Å². The van der Waals surface area contributed by atoms with Crippen LogP contribution < -0.4 is 10.5 Å². The van der Waals surface area contributed by atoms with E-state index in [9.17, 15) is 13.2 Å². The second kappa shape index (κ2) is 7.58. The van der Waals surface area contributed by atoms with E-state index in [1.54, 1.807) is 0 Å². The van der Waals surface area contributed by atoms with Crippen LogP contribution in [0.25, 0.3) is 0 Å². The molecule has 1 aromatic rings. The van der Waals surface area contributed by atoms with E-state index in [4.69, 9.17) is 16.7 Å². The summed E-state index contributed by atoms with van der Waals surface area (Å²) in [6.45, 7) is 4.71. The largest absolute Gasteiger partial charge is 0.352 e. The predicted octanol–water partition coefficient (Wildman–Crippen LogP) is 2.92. The maximum atomic E-state index is 12.1. The summed E-state index contributed by atoms with van der Waals surface area (Å²) >= 11 is 9.13. The van der Waals surface area contributed by atoms with Gasteiger partial charge in [0, 0.05) is 11.0 Å². The molecular weight excluding hydrogens is 380 g/mol. The molecule has 8 heteroatoms. The van der Waals surface area contributed by atoms with Gasteiger partial charge in [-0.1, -0.05) is 41.4 Å². The van der Waals surface area contributed by atoms with E-state index >= 15 is 0 Å². The molecule has 0 aliphatic rings. The molecular formula is C13H18BrClN2O3S. The Bertz CT molecular complexity index is 633. The molecule has 118 valence electrons. The van der Waals surface area contributed by atoms with Crippen molar-refractivity contribution in [2.45, 2.75) is 31.6 Å². The van der Waals surface area contributed by atoms with Gasteiger partial charge in [-0.3, -0.25) is 4.79 Å². The fourth-order valence-electron chi connectivity index (χ4n) is 1.74. The molecule has 0 aliphatic heterocycles. The molecule has 0 aliphatic carbocycles. The van der Waals surface area contributed by atoms with Crippen LogP contribution in [0.3, 0.4) is 0 Å². The summed E-state index contributed by atoms with van der Waals surface area (Å²) in [5.74, 6) is 0.139. The first kappa shape index (κ1) is 18.4. The maximum Gasteiger partial charge on any atom is 0.252 e. The summed E-state index contributed by atoms with van der Waals surface area (Å²) < 4.78 is 23.3. The van der Waals surface area contributed by atoms with E-state index in [1.165, 1.54) is 12.1 Å². The predicted molar refractivity (Wildman–Crippen MR) is 86.9 cm³/mol. The molecule has 5 nitrogen and oxygen atoms in total.